The van der Waals surface area contributed by atoms with Gasteiger partial charge in [-0.05, 0) is 30.0 Å². The Morgan fingerprint density at radius 3 is 2.35 bits per heavy atom. The molecule has 98 valence electrons. The summed E-state index contributed by atoms with van der Waals surface area (Å²) in [4.78, 5) is 0. The molecule has 0 aromatic heterocycles. The van der Waals surface area contributed by atoms with Gasteiger partial charge in [-0.1, -0.05) is 19.1 Å². The first kappa shape index (κ1) is 15.9. The van der Waals surface area contributed by atoms with Crippen LogP contribution in [0.25, 0.3) is 0 Å². The number of aliphatic hydroxyl groups is 1. The van der Waals surface area contributed by atoms with Crippen LogP contribution in [-0.2, 0) is 0 Å². The Labute approximate surface area is 99.3 Å². The maximum atomic E-state index is 13.2. The summed E-state index contributed by atoms with van der Waals surface area (Å²) in [5.74, 6) is -0.307. The van der Waals surface area contributed by atoms with Crippen LogP contribution in [0.5, 0.6) is 0 Å². The molecule has 1 rings (SSSR count). The highest BCUT2D eigenvalue weighted by Crippen LogP contribution is 2.23. The van der Waals surface area contributed by atoms with Crippen molar-refractivity contribution in [2.75, 3.05) is 13.5 Å². The van der Waals surface area contributed by atoms with E-state index in [1.807, 2.05) is 6.92 Å². The standard InChI is InChI=1S/C11H16FNO.CH2F2/c1-7(6-14)11(13)9-4-3-5-10(12)8(9)2;2-1-3/h3-5,7,11,14H,6,13H2,1-2H3;1H2/t7-,11?;/m0./s1. The van der Waals surface area contributed by atoms with Crippen molar-refractivity contribution in [3.05, 3.63) is 35.1 Å². The van der Waals surface area contributed by atoms with E-state index in [9.17, 15) is 13.2 Å². The van der Waals surface area contributed by atoms with E-state index in [-0.39, 0.29) is 24.4 Å². The average Bonchev–Trinajstić information content (AvgIpc) is 2.32. The monoisotopic (exact) mass is 249 g/mol. The molecule has 0 heterocycles. The lowest BCUT2D eigenvalue weighted by Gasteiger charge is -2.20. The number of hydrogen-bond donors (Lipinski definition) is 2. The third-order valence-electron chi connectivity index (χ3n) is 2.57. The lowest BCUT2D eigenvalue weighted by molar-refractivity contribution is 0.217. The van der Waals surface area contributed by atoms with E-state index in [1.165, 1.54) is 6.07 Å². The Hall–Kier alpha value is -1.07. The van der Waals surface area contributed by atoms with E-state index >= 15 is 0 Å². The number of aliphatic hydroxyl groups excluding tert-OH is 1. The van der Waals surface area contributed by atoms with Crippen LogP contribution < -0.4 is 5.73 Å². The Morgan fingerprint density at radius 1 is 1.35 bits per heavy atom. The van der Waals surface area contributed by atoms with Crippen molar-refractivity contribution in [2.45, 2.75) is 19.9 Å². The molecule has 2 nitrogen and oxygen atoms in total. The molecule has 1 aromatic rings. The van der Waals surface area contributed by atoms with E-state index in [0.717, 1.165) is 5.56 Å². The molecule has 0 saturated carbocycles. The van der Waals surface area contributed by atoms with Crippen LogP contribution in [0.2, 0.25) is 0 Å². The number of benzene rings is 1. The Balaban J connectivity index is 0.000000770. The number of halogens is 3. The van der Waals surface area contributed by atoms with Gasteiger partial charge in [-0.2, -0.15) is 0 Å². The molecule has 5 heteroatoms. The fraction of sp³-hybridized carbons (Fsp3) is 0.500. The van der Waals surface area contributed by atoms with Crippen molar-refractivity contribution in [2.24, 2.45) is 11.7 Å². The first-order valence-corrected chi connectivity index (χ1v) is 5.22. The molecule has 0 fully saturated rings. The van der Waals surface area contributed by atoms with Crippen LogP contribution >= 0.6 is 0 Å². The summed E-state index contributed by atoms with van der Waals surface area (Å²) in [5, 5.41) is 8.95. The molecule has 0 aliphatic rings. The molecule has 0 aliphatic heterocycles. The van der Waals surface area contributed by atoms with E-state index in [4.69, 9.17) is 10.8 Å². The van der Waals surface area contributed by atoms with Crippen LogP contribution in [0.4, 0.5) is 13.2 Å². The van der Waals surface area contributed by atoms with Gasteiger partial charge in [0.05, 0.1) is 0 Å². The number of nitrogens with two attached hydrogens (primary N) is 1. The molecule has 1 unspecified atom stereocenters. The molecule has 0 saturated heterocycles. The van der Waals surface area contributed by atoms with Gasteiger partial charge in [-0.15, -0.1) is 0 Å². The summed E-state index contributed by atoms with van der Waals surface area (Å²) in [6.07, 6.45) is 0. The normalized spacial score (nSPS) is 13.6. The van der Waals surface area contributed by atoms with Crippen LogP contribution in [0.3, 0.4) is 0 Å². The average molecular weight is 249 g/mol. The fourth-order valence-electron chi connectivity index (χ4n) is 1.41. The minimum Gasteiger partial charge on any atom is -0.396 e. The van der Waals surface area contributed by atoms with Crippen molar-refractivity contribution in [1.29, 1.82) is 0 Å². The lowest BCUT2D eigenvalue weighted by Crippen LogP contribution is -2.22. The molecule has 3 N–H and O–H groups in total. The lowest BCUT2D eigenvalue weighted by atomic mass is 9.92. The molecule has 1 aromatic carbocycles. The smallest absolute Gasteiger partial charge is 0.229 e. The minimum absolute atomic E-state index is 0.0110. The summed E-state index contributed by atoms with van der Waals surface area (Å²) in [6.45, 7) is 1.81. The highest BCUT2D eigenvalue weighted by Gasteiger charge is 2.17. The summed E-state index contributed by atoms with van der Waals surface area (Å²) < 4.78 is 32.4. The summed E-state index contributed by atoms with van der Waals surface area (Å²) in [7, 11) is 0. The summed E-state index contributed by atoms with van der Waals surface area (Å²) in [5.41, 5.74) is 7.23. The summed E-state index contributed by atoms with van der Waals surface area (Å²) in [6, 6.07) is 4.54. The van der Waals surface area contributed by atoms with Gasteiger partial charge < -0.3 is 10.8 Å². The van der Waals surface area contributed by atoms with E-state index in [2.05, 4.69) is 0 Å². The van der Waals surface area contributed by atoms with Crippen molar-refractivity contribution < 1.29 is 18.3 Å². The predicted octanol–water partition coefficient (Wildman–Crippen LogP) is 2.65. The maximum Gasteiger partial charge on any atom is 0.229 e. The Kier molecular flexibility index (Phi) is 7.58. The minimum atomic E-state index is -1.75. The second kappa shape index (κ2) is 8.08. The van der Waals surface area contributed by atoms with Gasteiger partial charge in [0.1, 0.15) is 5.82 Å². The predicted molar refractivity (Wildman–Crippen MR) is 61.4 cm³/mol. The second-order valence-corrected chi connectivity index (χ2v) is 3.74. The van der Waals surface area contributed by atoms with Crippen molar-refractivity contribution >= 4 is 0 Å². The van der Waals surface area contributed by atoms with Crippen molar-refractivity contribution in [3.8, 4) is 0 Å². The molecular weight excluding hydrogens is 231 g/mol. The molecule has 0 spiro atoms. The molecular formula is C12H18F3NO. The van der Waals surface area contributed by atoms with Crippen LogP contribution in [0, 0.1) is 18.7 Å². The van der Waals surface area contributed by atoms with Gasteiger partial charge in [0, 0.05) is 12.6 Å². The number of rotatable bonds is 3. The van der Waals surface area contributed by atoms with Gasteiger partial charge in [0.2, 0.25) is 6.93 Å². The highest BCUT2D eigenvalue weighted by atomic mass is 19.3. The van der Waals surface area contributed by atoms with Gasteiger partial charge >= 0.3 is 0 Å². The topological polar surface area (TPSA) is 46.2 Å². The second-order valence-electron chi connectivity index (χ2n) is 3.74. The van der Waals surface area contributed by atoms with Crippen molar-refractivity contribution in [1.82, 2.24) is 0 Å². The Bertz CT molecular complexity index is 334. The third-order valence-corrected chi connectivity index (χ3v) is 2.57. The van der Waals surface area contributed by atoms with Gasteiger partial charge in [0.25, 0.3) is 0 Å². The van der Waals surface area contributed by atoms with E-state index in [0.29, 0.717) is 5.56 Å². The fourth-order valence-corrected chi connectivity index (χ4v) is 1.41. The molecule has 0 radical (unpaired) electrons. The SMILES string of the molecule is Cc1c(F)cccc1C(N)[C@@H](C)CO.FCF. The molecule has 17 heavy (non-hydrogen) atoms. The molecule has 0 aliphatic carbocycles. The highest BCUT2D eigenvalue weighted by molar-refractivity contribution is 5.30. The van der Waals surface area contributed by atoms with E-state index in [1.54, 1.807) is 19.1 Å². The first-order chi connectivity index (χ1) is 7.99. The van der Waals surface area contributed by atoms with Crippen LogP contribution in [0.15, 0.2) is 18.2 Å². The van der Waals surface area contributed by atoms with Gasteiger partial charge in [0.15, 0.2) is 0 Å². The number of alkyl halides is 2. The third kappa shape index (κ3) is 4.75. The van der Waals surface area contributed by atoms with Crippen LogP contribution in [0.1, 0.15) is 24.1 Å². The van der Waals surface area contributed by atoms with Crippen molar-refractivity contribution in [3.63, 3.8) is 0 Å². The largest absolute Gasteiger partial charge is 0.396 e. The molecule has 2 atom stereocenters. The summed E-state index contributed by atoms with van der Waals surface area (Å²) >= 11 is 0. The zero-order valence-corrected chi connectivity index (χ0v) is 9.96. The first-order valence-electron chi connectivity index (χ1n) is 5.22. The quantitative estimate of drug-likeness (QED) is 0.865. The molecule has 0 bridgehead atoms. The maximum absolute atomic E-state index is 13.2. The molecule has 0 amide bonds. The number of hydrogen-bond acceptors (Lipinski definition) is 2. The van der Waals surface area contributed by atoms with E-state index < -0.39 is 6.93 Å². The zero-order chi connectivity index (χ0) is 13.4. The van der Waals surface area contributed by atoms with Gasteiger partial charge in [-0.25, -0.2) is 13.2 Å². The zero-order valence-electron chi connectivity index (χ0n) is 9.96. The Morgan fingerprint density at radius 2 is 1.88 bits per heavy atom. The van der Waals surface area contributed by atoms with Gasteiger partial charge in [-0.3, -0.25) is 0 Å². The van der Waals surface area contributed by atoms with Crippen LogP contribution in [-0.4, -0.2) is 18.6 Å².